The maximum absolute atomic E-state index is 5.36. The first-order valence-electron chi connectivity index (χ1n) is 9.13. The molecule has 2 heterocycles. The normalized spacial score (nSPS) is 19.9. The summed E-state index contributed by atoms with van der Waals surface area (Å²) >= 11 is 0. The maximum atomic E-state index is 5.36. The van der Waals surface area contributed by atoms with Gasteiger partial charge in [-0.1, -0.05) is 27.7 Å². The fourth-order valence-corrected chi connectivity index (χ4v) is 2.39. The van der Waals surface area contributed by atoms with Crippen LogP contribution in [0.15, 0.2) is 0 Å². The number of morpholine rings is 2. The number of hydrogen-bond acceptors (Lipinski definition) is 5. The third kappa shape index (κ3) is 10.5. The molecular weight excluding hydrogens is 278 g/mol. The molecule has 0 unspecified atom stereocenters. The fourth-order valence-electron chi connectivity index (χ4n) is 2.39. The van der Waals surface area contributed by atoms with Crippen molar-refractivity contribution < 1.29 is 9.47 Å². The highest BCUT2D eigenvalue weighted by Gasteiger charge is 2.13. The van der Waals surface area contributed by atoms with Gasteiger partial charge in [0.25, 0.3) is 0 Å². The summed E-state index contributed by atoms with van der Waals surface area (Å²) in [6.45, 7) is 20.6. The van der Waals surface area contributed by atoms with Gasteiger partial charge in [0.1, 0.15) is 0 Å². The van der Waals surface area contributed by atoms with Crippen molar-refractivity contribution in [3.05, 3.63) is 0 Å². The molecule has 0 atom stereocenters. The number of rotatable bonds is 6. The molecule has 0 amide bonds. The largest absolute Gasteiger partial charge is 0.379 e. The molecule has 0 aromatic heterocycles. The van der Waals surface area contributed by atoms with Crippen LogP contribution >= 0.6 is 0 Å². The summed E-state index contributed by atoms with van der Waals surface area (Å²) in [7, 11) is 2.22. The lowest BCUT2D eigenvalue weighted by atomic mass is 10.3. The predicted molar refractivity (Wildman–Crippen MR) is 94.7 cm³/mol. The Hall–Kier alpha value is -0.200. The molecular formula is C17H39N3O2. The van der Waals surface area contributed by atoms with Crippen LogP contribution in [0.25, 0.3) is 0 Å². The van der Waals surface area contributed by atoms with Gasteiger partial charge in [-0.05, 0) is 7.05 Å². The van der Waals surface area contributed by atoms with Gasteiger partial charge < -0.3 is 14.4 Å². The summed E-state index contributed by atoms with van der Waals surface area (Å²) in [6, 6.07) is 0. The van der Waals surface area contributed by atoms with E-state index in [9.17, 15) is 0 Å². The summed E-state index contributed by atoms with van der Waals surface area (Å²) in [6.07, 6.45) is 0. The number of hydrogen-bond donors (Lipinski definition) is 0. The zero-order valence-corrected chi connectivity index (χ0v) is 15.6. The van der Waals surface area contributed by atoms with Crippen LogP contribution in [0.3, 0.4) is 0 Å². The van der Waals surface area contributed by atoms with Crippen LogP contribution in [-0.2, 0) is 9.47 Å². The number of nitrogens with zero attached hydrogens (tertiary/aromatic N) is 3. The van der Waals surface area contributed by atoms with E-state index in [-0.39, 0.29) is 0 Å². The topological polar surface area (TPSA) is 28.2 Å². The molecule has 5 nitrogen and oxygen atoms in total. The first kappa shape index (κ1) is 21.8. The SMILES string of the molecule is CC.CC.CN(CCN1CCOCC1)CCN1CCOCC1. The molecule has 134 valence electrons. The van der Waals surface area contributed by atoms with Crippen molar-refractivity contribution in [2.45, 2.75) is 27.7 Å². The van der Waals surface area contributed by atoms with Gasteiger partial charge in [0.05, 0.1) is 26.4 Å². The lowest BCUT2D eigenvalue weighted by molar-refractivity contribution is 0.0279. The monoisotopic (exact) mass is 317 g/mol. The molecule has 22 heavy (non-hydrogen) atoms. The van der Waals surface area contributed by atoms with Crippen LogP contribution < -0.4 is 0 Å². The molecule has 5 heteroatoms. The van der Waals surface area contributed by atoms with E-state index in [1.807, 2.05) is 27.7 Å². The highest BCUT2D eigenvalue weighted by Crippen LogP contribution is 1.99. The minimum Gasteiger partial charge on any atom is -0.379 e. The van der Waals surface area contributed by atoms with E-state index in [2.05, 4.69) is 21.7 Å². The van der Waals surface area contributed by atoms with Crippen LogP contribution in [0.2, 0.25) is 0 Å². The van der Waals surface area contributed by atoms with E-state index in [1.165, 1.54) is 13.1 Å². The fraction of sp³-hybridized carbons (Fsp3) is 1.00. The van der Waals surface area contributed by atoms with Gasteiger partial charge in [-0.2, -0.15) is 0 Å². The average molecular weight is 318 g/mol. The van der Waals surface area contributed by atoms with Crippen molar-refractivity contribution in [2.24, 2.45) is 0 Å². The molecule has 0 aliphatic carbocycles. The van der Waals surface area contributed by atoms with E-state index in [1.54, 1.807) is 0 Å². The quantitative estimate of drug-likeness (QED) is 0.742. The van der Waals surface area contributed by atoms with Gasteiger partial charge in [-0.25, -0.2) is 0 Å². The lowest BCUT2D eigenvalue weighted by Crippen LogP contribution is -2.43. The third-order valence-corrected chi connectivity index (χ3v) is 3.80. The zero-order chi connectivity index (χ0) is 16.6. The van der Waals surface area contributed by atoms with Gasteiger partial charge in [-0.15, -0.1) is 0 Å². The van der Waals surface area contributed by atoms with Crippen molar-refractivity contribution >= 4 is 0 Å². The van der Waals surface area contributed by atoms with Crippen molar-refractivity contribution in [1.82, 2.24) is 14.7 Å². The Morgan fingerprint density at radius 1 is 0.682 bits per heavy atom. The smallest absolute Gasteiger partial charge is 0.0594 e. The second-order valence-electron chi connectivity index (χ2n) is 5.21. The van der Waals surface area contributed by atoms with Crippen molar-refractivity contribution in [1.29, 1.82) is 0 Å². The molecule has 2 rings (SSSR count). The molecule has 2 saturated heterocycles. The summed E-state index contributed by atoms with van der Waals surface area (Å²) in [5.41, 5.74) is 0. The minimum absolute atomic E-state index is 0.900. The second kappa shape index (κ2) is 15.7. The van der Waals surface area contributed by atoms with Gasteiger partial charge in [-0.3, -0.25) is 9.80 Å². The summed E-state index contributed by atoms with van der Waals surface area (Å²) < 4.78 is 10.7. The third-order valence-electron chi connectivity index (χ3n) is 3.80. The van der Waals surface area contributed by atoms with E-state index in [0.717, 1.165) is 65.7 Å². The minimum atomic E-state index is 0.900. The van der Waals surface area contributed by atoms with Crippen molar-refractivity contribution in [3.8, 4) is 0 Å². The van der Waals surface area contributed by atoms with Gasteiger partial charge in [0.2, 0.25) is 0 Å². The molecule has 0 saturated carbocycles. The van der Waals surface area contributed by atoms with E-state index in [0.29, 0.717) is 0 Å². The average Bonchev–Trinajstić information content (AvgIpc) is 2.63. The summed E-state index contributed by atoms with van der Waals surface area (Å²) in [4.78, 5) is 7.42. The zero-order valence-electron chi connectivity index (χ0n) is 15.6. The second-order valence-corrected chi connectivity index (χ2v) is 5.21. The van der Waals surface area contributed by atoms with Crippen LogP contribution in [0.5, 0.6) is 0 Å². The van der Waals surface area contributed by atoms with Gasteiger partial charge in [0.15, 0.2) is 0 Å². The van der Waals surface area contributed by atoms with Crippen LogP contribution in [0.4, 0.5) is 0 Å². The van der Waals surface area contributed by atoms with Crippen LogP contribution in [0, 0.1) is 0 Å². The molecule has 0 aromatic rings. The molecule has 2 aliphatic rings. The first-order chi connectivity index (χ1) is 10.8. The summed E-state index contributed by atoms with van der Waals surface area (Å²) in [5, 5.41) is 0. The molecule has 2 aliphatic heterocycles. The van der Waals surface area contributed by atoms with Crippen LogP contribution in [-0.4, -0.2) is 101 Å². The Bertz CT molecular complexity index is 196. The Morgan fingerprint density at radius 2 is 1.00 bits per heavy atom. The molecule has 2 fully saturated rings. The maximum Gasteiger partial charge on any atom is 0.0594 e. The first-order valence-corrected chi connectivity index (χ1v) is 9.13. The van der Waals surface area contributed by atoms with Crippen molar-refractivity contribution in [2.75, 3.05) is 85.8 Å². The number of likely N-dealkylation sites (N-methyl/N-ethyl adjacent to an activating group) is 1. The molecule has 0 radical (unpaired) electrons. The highest BCUT2D eigenvalue weighted by atomic mass is 16.5. The van der Waals surface area contributed by atoms with Crippen LogP contribution in [0.1, 0.15) is 27.7 Å². The van der Waals surface area contributed by atoms with Crippen molar-refractivity contribution in [3.63, 3.8) is 0 Å². The molecule has 0 aromatic carbocycles. The molecule has 0 spiro atoms. The Kier molecular flexibility index (Phi) is 15.5. The van der Waals surface area contributed by atoms with E-state index < -0.39 is 0 Å². The Labute approximate surface area is 138 Å². The number of ether oxygens (including phenoxy) is 2. The highest BCUT2D eigenvalue weighted by molar-refractivity contribution is 4.67. The Morgan fingerprint density at radius 3 is 1.32 bits per heavy atom. The molecule has 0 bridgehead atoms. The van der Waals surface area contributed by atoms with E-state index in [4.69, 9.17) is 9.47 Å². The van der Waals surface area contributed by atoms with Gasteiger partial charge in [0, 0.05) is 52.4 Å². The van der Waals surface area contributed by atoms with E-state index >= 15 is 0 Å². The Balaban J connectivity index is 0.00000102. The predicted octanol–water partition coefficient (Wildman–Crippen LogP) is 1.64. The standard InChI is InChI=1S/C13H27N3O2.2C2H6/c1-14(2-4-15-6-10-17-11-7-15)3-5-16-8-12-18-13-9-16;2*1-2/h2-13H2,1H3;2*1-2H3. The molecule has 0 N–H and O–H groups in total. The lowest BCUT2D eigenvalue weighted by Gasteiger charge is -2.30. The van der Waals surface area contributed by atoms with Gasteiger partial charge >= 0.3 is 0 Å². The summed E-state index contributed by atoms with van der Waals surface area (Å²) in [5.74, 6) is 0.